The van der Waals surface area contributed by atoms with Crippen molar-refractivity contribution in [3.8, 4) is 5.75 Å². The van der Waals surface area contributed by atoms with Crippen LogP contribution in [-0.4, -0.2) is 37.7 Å². The van der Waals surface area contributed by atoms with Gasteiger partial charge >= 0.3 is 0 Å². The highest BCUT2D eigenvalue weighted by Crippen LogP contribution is 2.27. The molecule has 0 unspecified atom stereocenters. The van der Waals surface area contributed by atoms with Gasteiger partial charge in [0.25, 0.3) is 0 Å². The molecule has 0 bridgehead atoms. The van der Waals surface area contributed by atoms with Gasteiger partial charge in [-0.15, -0.1) is 0 Å². The zero-order chi connectivity index (χ0) is 17.5. The quantitative estimate of drug-likeness (QED) is 0.686. The lowest BCUT2D eigenvalue weighted by Gasteiger charge is -2.26. The molecule has 1 fully saturated rings. The van der Waals surface area contributed by atoms with Crippen molar-refractivity contribution in [2.75, 3.05) is 32.8 Å². The van der Waals surface area contributed by atoms with Crippen molar-refractivity contribution < 1.29 is 9.47 Å². The fraction of sp³-hybridized carbons (Fsp3) is 0.400. The Morgan fingerprint density at radius 1 is 0.960 bits per heavy atom. The van der Waals surface area contributed by atoms with E-state index in [1.807, 2.05) is 30.3 Å². The second-order valence-corrected chi connectivity index (χ2v) is 6.97. The molecule has 1 aliphatic heterocycles. The summed E-state index contributed by atoms with van der Waals surface area (Å²) in [5.41, 5.74) is 2.05. The van der Waals surface area contributed by atoms with Gasteiger partial charge in [-0.25, -0.2) is 0 Å². The molecule has 3 rings (SSSR count). The predicted molar refractivity (Wildman–Crippen MR) is 103 cm³/mol. The lowest BCUT2D eigenvalue weighted by molar-refractivity contribution is 0.0374. The molecule has 0 radical (unpaired) electrons. The molecule has 134 valence electrons. The summed E-state index contributed by atoms with van der Waals surface area (Å²) in [4.78, 5) is 2.45. The summed E-state index contributed by atoms with van der Waals surface area (Å²) < 4.78 is 11.4. The highest BCUT2D eigenvalue weighted by molar-refractivity contribution is 6.35. The third-order valence-corrected chi connectivity index (χ3v) is 5.14. The molecule has 0 spiro atoms. The maximum atomic E-state index is 6.22. The normalized spacial score (nSPS) is 15.3. The second-order valence-electron chi connectivity index (χ2n) is 6.15. The summed E-state index contributed by atoms with van der Waals surface area (Å²) in [6.45, 7) is 5.22. The first-order valence-electron chi connectivity index (χ1n) is 8.68. The summed E-state index contributed by atoms with van der Waals surface area (Å²) in [5, 5.41) is 1.27. The van der Waals surface area contributed by atoms with Crippen LogP contribution < -0.4 is 4.74 Å². The largest absolute Gasteiger partial charge is 0.489 e. The maximum absolute atomic E-state index is 6.22. The van der Waals surface area contributed by atoms with Gasteiger partial charge in [0.15, 0.2) is 0 Å². The number of para-hydroxylation sites is 1. The van der Waals surface area contributed by atoms with Crippen molar-refractivity contribution in [1.29, 1.82) is 0 Å². The van der Waals surface area contributed by atoms with Crippen LogP contribution in [0.3, 0.4) is 0 Å². The Kier molecular flexibility index (Phi) is 7.00. The van der Waals surface area contributed by atoms with E-state index >= 15 is 0 Å². The van der Waals surface area contributed by atoms with Crippen molar-refractivity contribution >= 4 is 23.2 Å². The fourth-order valence-corrected chi connectivity index (χ4v) is 3.50. The van der Waals surface area contributed by atoms with E-state index in [0.29, 0.717) is 16.7 Å². The van der Waals surface area contributed by atoms with Crippen LogP contribution in [-0.2, 0) is 17.8 Å². The Bertz CT molecular complexity index is 667. The van der Waals surface area contributed by atoms with E-state index in [0.717, 1.165) is 57.0 Å². The molecule has 1 saturated heterocycles. The van der Waals surface area contributed by atoms with E-state index in [1.165, 1.54) is 5.56 Å². The van der Waals surface area contributed by atoms with E-state index < -0.39 is 0 Å². The standard InChI is InChI=1S/C20H23Cl2NO2/c21-18-7-3-8-19(22)17(18)15-25-20-9-2-1-5-16(20)6-4-10-23-11-13-24-14-12-23/h1-3,5,7-9H,4,6,10-15H2. The zero-order valence-corrected chi connectivity index (χ0v) is 15.7. The lowest BCUT2D eigenvalue weighted by atomic mass is 10.1. The Morgan fingerprint density at radius 3 is 2.44 bits per heavy atom. The SMILES string of the molecule is Clc1cccc(Cl)c1COc1ccccc1CCCN1CCOCC1. The number of hydrogen-bond acceptors (Lipinski definition) is 3. The van der Waals surface area contributed by atoms with Gasteiger partial charge in [-0.2, -0.15) is 0 Å². The minimum absolute atomic E-state index is 0.374. The first-order chi connectivity index (χ1) is 12.2. The van der Waals surface area contributed by atoms with Crippen molar-refractivity contribution in [2.45, 2.75) is 19.4 Å². The van der Waals surface area contributed by atoms with Crippen LogP contribution in [0.2, 0.25) is 10.0 Å². The van der Waals surface area contributed by atoms with Crippen LogP contribution in [0.1, 0.15) is 17.5 Å². The Labute approximate surface area is 159 Å². The number of hydrogen-bond donors (Lipinski definition) is 0. The number of halogens is 2. The Hall–Kier alpha value is -1.26. The third-order valence-electron chi connectivity index (χ3n) is 4.43. The van der Waals surface area contributed by atoms with E-state index in [1.54, 1.807) is 0 Å². The topological polar surface area (TPSA) is 21.7 Å². The van der Waals surface area contributed by atoms with Crippen molar-refractivity contribution in [3.05, 3.63) is 63.6 Å². The van der Waals surface area contributed by atoms with Crippen molar-refractivity contribution in [3.63, 3.8) is 0 Å². The average molecular weight is 380 g/mol. The first kappa shape index (κ1) is 18.5. The molecule has 5 heteroatoms. The molecular formula is C20H23Cl2NO2. The summed E-state index contributed by atoms with van der Waals surface area (Å²) in [5.74, 6) is 0.903. The molecule has 0 aromatic heterocycles. The highest BCUT2D eigenvalue weighted by atomic mass is 35.5. The molecule has 0 aliphatic carbocycles. The highest BCUT2D eigenvalue weighted by Gasteiger charge is 2.11. The Morgan fingerprint density at radius 2 is 1.68 bits per heavy atom. The third kappa shape index (κ3) is 5.35. The van der Waals surface area contributed by atoms with Crippen molar-refractivity contribution in [2.24, 2.45) is 0 Å². The van der Waals surface area contributed by atoms with Gasteiger partial charge in [0.2, 0.25) is 0 Å². The van der Waals surface area contributed by atoms with E-state index in [-0.39, 0.29) is 0 Å². The first-order valence-corrected chi connectivity index (χ1v) is 9.43. The molecule has 1 heterocycles. The van der Waals surface area contributed by atoms with Crippen LogP contribution in [0.15, 0.2) is 42.5 Å². The van der Waals surface area contributed by atoms with Crippen LogP contribution >= 0.6 is 23.2 Å². The maximum Gasteiger partial charge on any atom is 0.123 e. The number of benzene rings is 2. The number of rotatable bonds is 7. The Balaban J connectivity index is 1.57. The van der Waals surface area contributed by atoms with Crippen LogP contribution in [0, 0.1) is 0 Å². The molecule has 0 saturated carbocycles. The molecule has 2 aromatic carbocycles. The number of aryl methyl sites for hydroxylation is 1. The zero-order valence-electron chi connectivity index (χ0n) is 14.2. The second kappa shape index (κ2) is 9.44. The summed E-state index contributed by atoms with van der Waals surface area (Å²) in [7, 11) is 0. The number of nitrogens with zero attached hydrogens (tertiary/aromatic N) is 1. The monoisotopic (exact) mass is 379 g/mol. The van der Waals surface area contributed by atoms with Crippen LogP contribution in [0.4, 0.5) is 0 Å². The molecule has 0 amide bonds. The van der Waals surface area contributed by atoms with E-state index in [4.69, 9.17) is 32.7 Å². The van der Waals surface area contributed by atoms with Crippen molar-refractivity contribution in [1.82, 2.24) is 4.90 Å². The minimum atomic E-state index is 0.374. The predicted octanol–water partition coefficient (Wildman–Crippen LogP) is 4.84. The minimum Gasteiger partial charge on any atom is -0.489 e. The molecule has 2 aromatic rings. The molecule has 0 atom stereocenters. The van der Waals surface area contributed by atoms with E-state index in [2.05, 4.69) is 17.0 Å². The fourth-order valence-electron chi connectivity index (χ4n) is 2.99. The van der Waals surface area contributed by atoms with Gasteiger partial charge in [-0.3, -0.25) is 4.90 Å². The summed E-state index contributed by atoms with van der Waals surface area (Å²) >= 11 is 12.4. The van der Waals surface area contributed by atoms with Gasteiger partial charge < -0.3 is 9.47 Å². The molecule has 0 N–H and O–H groups in total. The van der Waals surface area contributed by atoms with Gasteiger partial charge in [0.05, 0.1) is 13.2 Å². The van der Waals surface area contributed by atoms with Gasteiger partial charge in [0.1, 0.15) is 12.4 Å². The van der Waals surface area contributed by atoms with Crippen LogP contribution in [0.5, 0.6) is 5.75 Å². The summed E-state index contributed by atoms with van der Waals surface area (Å²) in [6, 6.07) is 13.7. The van der Waals surface area contributed by atoms with E-state index in [9.17, 15) is 0 Å². The molecule has 25 heavy (non-hydrogen) atoms. The number of morpholine rings is 1. The lowest BCUT2D eigenvalue weighted by Crippen LogP contribution is -2.36. The average Bonchev–Trinajstić information content (AvgIpc) is 2.63. The molecule has 3 nitrogen and oxygen atoms in total. The van der Waals surface area contributed by atoms with Gasteiger partial charge in [0, 0.05) is 28.7 Å². The van der Waals surface area contributed by atoms with Gasteiger partial charge in [-0.1, -0.05) is 47.5 Å². The van der Waals surface area contributed by atoms with Gasteiger partial charge in [-0.05, 0) is 43.1 Å². The molecule has 1 aliphatic rings. The van der Waals surface area contributed by atoms with Crippen LogP contribution in [0.25, 0.3) is 0 Å². The summed E-state index contributed by atoms with van der Waals surface area (Å²) in [6.07, 6.45) is 2.09. The number of ether oxygens (including phenoxy) is 2. The smallest absolute Gasteiger partial charge is 0.123 e. The molecular weight excluding hydrogens is 357 g/mol.